The lowest BCUT2D eigenvalue weighted by Crippen LogP contribution is -2.49. The van der Waals surface area contributed by atoms with E-state index in [2.05, 4.69) is 39.8 Å². The van der Waals surface area contributed by atoms with Crippen molar-refractivity contribution in [3.05, 3.63) is 23.3 Å². The molecule has 4 aliphatic rings. The minimum absolute atomic E-state index is 0.327. The lowest BCUT2D eigenvalue weighted by Gasteiger charge is -2.57. The second-order valence-corrected chi connectivity index (χ2v) is 11.5. The standard InChI is InChI=1S/C27H44O/c1-19(18-28)8-7-9-20(2)23-13-14-24-22-12-11-21-10-5-6-16-26(21,3)25(22)15-17-27(23,24)4/h9,11,19,22-25,28H,5-8,10,12-18H2,1-4H3/b20-9+/t19?,22-,23+,24-,25-,26-,27+/m0/s1. The lowest BCUT2D eigenvalue weighted by atomic mass is 9.47. The molecule has 4 rings (SSSR count). The number of aliphatic hydroxyl groups is 1. The van der Waals surface area contributed by atoms with Gasteiger partial charge in [0.1, 0.15) is 0 Å². The van der Waals surface area contributed by atoms with Crippen LogP contribution in [0.5, 0.6) is 0 Å². The zero-order chi connectivity index (χ0) is 19.9. The molecule has 0 aromatic rings. The van der Waals surface area contributed by atoms with Crippen molar-refractivity contribution in [1.29, 1.82) is 0 Å². The number of hydrogen-bond donors (Lipinski definition) is 1. The van der Waals surface area contributed by atoms with Gasteiger partial charge in [-0.2, -0.15) is 0 Å². The molecule has 0 aromatic heterocycles. The minimum Gasteiger partial charge on any atom is -0.396 e. The summed E-state index contributed by atoms with van der Waals surface area (Å²) >= 11 is 0. The maximum atomic E-state index is 9.29. The summed E-state index contributed by atoms with van der Waals surface area (Å²) in [6.07, 6.45) is 20.4. The Labute approximate surface area is 174 Å². The van der Waals surface area contributed by atoms with Gasteiger partial charge in [0.05, 0.1) is 0 Å². The molecular formula is C27H44O. The normalized spacial score (nSPS) is 44.3. The fourth-order valence-corrected chi connectivity index (χ4v) is 8.28. The Morgan fingerprint density at radius 2 is 2.00 bits per heavy atom. The van der Waals surface area contributed by atoms with Crippen LogP contribution in [0.2, 0.25) is 0 Å². The van der Waals surface area contributed by atoms with Gasteiger partial charge in [-0.05, 0) is 112 Å². The van der Waals surface area contributed by atoms with E-state index in [-0.39, 0.29) is 0 Å². The van der Waals surface area contributed by atoms with Crippen molar-refractivity contribution < 1.29 is 5.11 Å². The first kappa shape index (κ1) is 20.7. The summed E-state index contributed by atoms with van der Waals surface area (Å²) in [6.45, 7) is 10.2. The monoisotopic (exact) mass is 384 g/mol. The molecule has 0 amide bonds. The van der Waals surface area contributed by atoms with Crippen LogP contribution >= 0.6 is 0 Å². The molecule has 0 aliphatic heterocycles. The third-order valence-corrected chi connectivity index (χ3v) is 10.0. The summed E-state index contributed by atoms with van der Waals surface area (Å²) in [5, 5.41) is 9.29. The van der Waals surface area contributed by atoms with Crippen LogP contribution in [0.15, 0.2) is 23.3 Å². The van der Waals surface area contributed by atoms with Crippen LogP contribution in [0.4, 0.5) is 0 Å². The van der Waals surface area contributed by atoms with Gasteiger partial charge in [0.15, 0.2) is 0 Å². The number of fused-ring (bicyclic) bond motifs is 5. The fourth-order valence-electron chi connectivity index (χ4n) is 8.28. The molecule has 3 saturated carbocycles. The summed E-state index contributed by atoms with van der Waals surface area (Å²) < 4.78 is 0. The molecule has 1 N–H and O–H groups in total. The first-order valence-electron chi connectivity index (χ1n) is 12.4. The average Bonchev–Trinajstić information content (AvgIpc) is 3.04. The molecule has 28 heavy (non-hydrogen) atoms. The molecule has 158 valence electrons. The van der Waals surface area contributed by atoms with E-state index in [0.29, 0.717) is 23.4 Å². The van der Waals surface area contributed by atoms with Gasteiger partial charge < -0.3 is 5.11 Å². The molecule has 4 aliphatic carbocycles. The molecule has 0 saturated heterocycles. The predicted octanol–water partition coefficient (Wildman–Crippen LogP) is 7.31. The third-order valence-electron chi connectivity index (χ3n) is 10.0. The molecule has 1 heteroatoms. The Bertz CT molecular complexity index is 630. The van der Waals surface area contributed by atoms with Crippen LogP contribution in [0.3, 0.4) is 0 Å². The topological polar surface area (TPSA) is 20.2 Å². The van der Waals surface area contributed by atoms with Crippen LogP contribution in [0.1, 0.15) is 98.3 Å². The third kappa shape index (κ3) is 3.34. The Kier molecular flexibility index (Phi) is 5.87. The summed E-state index contributed by atoms with van der Waals surface area (Å²) in [5.41, 5.74) is 4.56. The molecule has 1 unspecified atom stereocenters. The van der Waals surface area contributed by atoms with Gasteiger partial charge in [-0.25, -0.2) is 0 Å². The Balaban J connectivity index is 1.51. The second-order valence-electron chi connectivity index (χ2n) is 11.5. The quantitative estimate of drug-likeness (QED) is 0.493. The number of aliphatic hydroxyl groups excluding tert-OH is 1. The summed E-state index contributed by atoms with van der Waals surface area (Å²) in [4.78, 5) is 0. The highest BCUT2D eigenvalue weighted by Crippen LogP contribution is 2.67. The fraction of sp³-hybridized carbons (Fsp3) is 0.852. The molecule has 1 nitrogen and oxygen atoms in total. The van der Waals surface area contributed by atoms with E-state index >= 15 is 0 Å². The highest BCUT2D eigenvalue weighted by molar-refractivity contribution is 5.25. The number of hydrogen-bond acceptors (Lipinski definition) is 1. The Morgan fingerprint density at radius 1 is 1.18 bits per heavy atom. The van der Waals surface area contributed by atoms with Crippen LogP contribution in [0.25, 0.3) is 0 Å². The molecular weight excluding hydrogens is 340 g/mol. The van der Waals surface area contributed by atoms with Gasteiger partial charge in [-0.3, -0.25) is 0 Å². The molecule has 0 heterocycles. The van der Waals surface area contributed by atoms with Gasteiger partial charge in [-0.15, -0.1) is 0 Å². The average molecular weight is 385 g/mol. The maximum Gasteiger partial charge on any atom is 0.0456 e. The largest absolute Gasteiger partial charge is 0.396 e. The van der Waals surface area contributed by atoms with Crippen molar-refractivity contribution in [3.63, 3.8) is 0 Å². The van der Waals surface area contributed by atoms with E-state index < -0.39 is 0 Å². The number of rotatable bonds is 5. The molecule has 3 fully saturated rings. The van der Waals surface area contributed by atoms with E-state index in [0.717, 1.165) is 36.5 Å². The summed E-state index contributed by atoms with van der Waals surface area (Å²) in [7, 11) is 0. The van der Waals surface area contributed by atoms with E-state index in [1.54, 1.807) is 5.57 Å². The van der Waals surface area contributed by atoms with Crippen LogP contribution < -0.4 is 0 Å². The van der Waals surface area contributed by atoms with Crippen molar-refractivity contribution in [2.75, 3.05) is 6.61 Å². The molecule has 0 aromatic carbocycles. The van der Waals surface area contributed by atoms with Crippen molar-refractivity contribution in [2.24, 2.45) is 40.4 Å². The van der Waals surface area contributed by atoms with Gasteiger partial charge >= 0.3 is 0 Å². The van der Waals surface area contributed by atoms with Crippen molar-refractivity contribution in [3.8, 4) is 0 Å². The van der Waals surface area contributed by atoms with E-state index in [1.807, 2.05) is 5.57 Å². The lowest BCUT2D eigenvalue weighted by molar-refractivity contribution is -0.0360. The highest BCUT2D eigenvalue weighted by atomic mass is 16.3. The van der Waals surface area contributed by atoms with Crippen molar-refractivity contribution in [2.45, 2.75) is 98.3 Å². The summed E-state index contributed by atoms with van der Waals surface area (Å²) in [6, 6.07) is 0. The van der Waals surface area contributed by atoms with Crippen LogP contribution in [-0.4, -0.2) is 11.7 Å². The first-order valence-corrected chi connectivity index (χ1v) is 12.4. The highest BCUT2D eigenvalue weighted by Gasteiger charge is 2.58. The molecule has 0 radical (unpaired) electrons. The maximum absolute atomic E-state index is 9.29. The summed E-state index contributed by atoms with van der Waals surface area (Å²) in [5.74, 6) is 4.07. The van der Waals surface area contributed by atoms with Gasteiger partial charge in [0, 0.05) is 6.61 Å². The number of allylic oxidation sites excluding steroid dienone is 4. The van der Waals surface area contributed by atoms with Crippen molar-refractivity contribution >= 4 is 0 Å². The van der Waals surface area contributed by atoms with Crippen molar-refractivity contribution in [1.82, 2.24) is 0 Å². The Morgan fingerprint density at radius 3 is 2.79 bits per heavy atom. The van der Waals surface area contributed by atoms with E-state index in [1.165, 1.54) is 57.8 Å². The molecule has 0 bridgehead atoms. The molecule has 0 spiro atoms. The second kappa shape index (κ2) is 7.93. The van der Waals surface area contributed by atoms with Crippen LogP contribution in [-0.2, 0) is 0 Å². The SMILES string of the molecule is C/C(=C\CCC(C)CO)[C@H]1CC[C@H]2[C@@H]3CC=C4CCCC[C@]4(C)[C@H]3CC[C@]12C. The zero-order valence-corrected chi connectivity index (χ0v) is 19.0. The zero-order valence-electron chi connectivity index (χ0n) is 19.0. The minimum atomic E-state index is 0.327. The molecule has 7 atom stereocenters. The van der Waals surface area contributed by atoms with Crippen LogP contribution in [0, 0.1) is 40.4 Å². The first-order chi connectivity index (χ1) is 13.4. The smallest absolute Gasteiger partial charge is 0.0456 e. The van der Waals surface area contributed by atoms with E-state index in [4.69, 9.17) is 0 Å². The van der Waals surface area contributed by atoms with E-state index in [9.17, 15) is 5.11 Å². The van der Waals surface area contributed by atoms with Gasteiger partial charge in [0.2, 0.25) is 0 Å². The van der Waals surface area contributed by atoms with Gasteiger partial charge in [-0.1, -0.05) is 50.5 Å². The predicted molar refractivity (Wildman–Crippen MR) is 119 cm³/mol. The Hall–Kier alpha value is -0.560. The van der Waals surface area contributed by atoms with Gasteiger partial charge in [0.25, 0.3) is 0 Å².